The normalized spacial score (nSPS) is 10.9. The summed E-state index contributed by atoms with van der Waals surface area (Å²) in [7, 11) is 0. The molecule has 118 valence electrons. The highest BCUT2D eigenvalue weighted by molar-refractivity contribution is 5.74. The number of fused-ring (bicyclic) bond motifs is 1. The highest BCUT2D eigenvalue weighted by Crippen LogP contribution is 2.23. The minimum atomic E-state index is -0.975. The van der Waals surface area contributed by atoms with Gasteiger partial charge < -0.3 is 4.74 Å². The number of ether oxygens (including phenoxy) is 1. The van der Waals surface area contributed by atoms with E-state index in [4.69, 9.17) is 4.74 Å². The summed E-state index contributed by atoms with van der Waals surface area (Å²) in [6.07, 6.45) is 4.89. The molecule has 2 aromatic carbocycles. The zero-order valence-electron chi connectivity index (χ0n) is 12.2. The quantitative estimate of drug-likeness (QED) is 0.574. The van der Waals surface area contributed by atoms with Crippen LogP contribution in [0.4, 0.5) is 8.78 Å². The summed E-state index contributed by atoms with van der Waals surface area (Å²) in [5, 5.41) is 4.14. The standard InChI is InChI=1S/C17H10F2N4O/c18-13-8-15-16(9-14(13)19)22-17(10-20-15)24-12-4-2-11(3-5-12)23-7-1-6-21-23/h1-10H. The Balaban J connectivity index is 1.60. The largest absolute Gasteiger partial charge is 0.437 e. The molecule has 4 aromatic rings. The van der Waals surface area contributed by atoms with Crippen LogP contribution in [0.25, 0.3) is 16.7 Å². The molecule has 0 N–H and O–H groups in total. The van der Waals surface area contributed by atoms with E-state index in [0.717, 1.165) is 17.8 Å². The van der Waals surface area contributed by atoms with Gasteiger partial charge in [-0.3, -0.25) is 0 Å². The molecule has 0 saturated carbocycles. The molecule has 5 nitrogen and oxygen atoms in total. The molecule has 0 aliphatic carbocycles. The van der Waals surface area contributed by atoms with Gasteiger partial charge in [0.25, 0.3) is 0 Å². The SMILES string of the molecule is Fc1cc2ncc(Oc3ccc(-n4cccn4)cc3)nc2cc1F. The Kier molecular flexibility index (Phi) is 3.38. The molecule has 2 aromatic heterocycles. The predicted molar refractivity (Wildman–Crippen MR) is 83.1 cm³/mol. The number of nitrogens with zero attached hydrogens (tertiary/aromatic N) is 4. The van der Waals surface area contributed by atoms with Crippen molar-refractivity contribution in [1.82, 2.24) is 19.7 Å². The van der Waals surface area contributed by atoms with Crippen molar-refractivity contribution in [3.05, 3.63) is 72.7 Å². The zero-order chi connectivity index (χ0) is 16.5. The Morgan fingerprint density at radius 1 is 0.958 bits per heavy atom. The number of benzene rings is 2. The van der Waals surface area contributed by atoms with E-state index in [1.54, 1.807) is 23.0 Å². The van der Waals surface area contributed by atoms with Gasteiger partial charge in [0, 0.05) is 24.5 Å². The lowest BCUT2D eigenvalue weighted by Crippen LogP contribution is -1.95. The van der Waals surface area contributed by atoms with E-state index < -0.39 is 11.6 Å². The van der Waals surface area contributed by atoms with Gasteiger partial charge in [-0.2, -0.15) is 5.10 Å². The van der Waals surface area contributed by atoms with Crippen LogP contribution in [-0.2, 0) is 0 Å². The fourth-order valence-electron chi connectivity index (χ4n) is 2.25. The van der Waals surface area contributed by atoms with E-state index >= 15 is 0 Å². The highest BCUT2D eigenvalue weighted by atomic mass is 19.2. The van der Waals surface area contributed by atoms with Crippen molar-refractivity contribution >= 4 is 11.0 Å². The lowest BCUT2D eigenvalue weighted by Gasteiger charge is -2.07. The van der Waals surface area contributed by atoms with Crippen LogP contribution in [0.1, 0.15) is 0 Å². The molecule has 0 atom stereocenters. The highest BCUT2D eigenvalue weighted by Gasteiger charge is 2.08. The van der Waals surface area contributed by atoms with E-state index in [-0.39, 0.29) is 16.9 Å². The zero-order valence-corrected chi connectivity index (χ0v) is 12.2. The van der Waals surface area contributed by atoms with E-state index in [1.807, 2.05) is 24.4 Å². The summed E-state index contributed by atoms with van der Waals surface area (Å²) >= 11 is 0. The first-order chi connectivity index (χ1) is 11.7. The van der Waals surface area contributed by atoms with Gasteiger partial charge in [-0.1, -0.05) is 0 Å². The van der Waals surface area contributed by atoms with Gasteiger partial charge in [0.1, 0.15) is 5.75 Å². The first-order valence-electron chi connectivity index (χ1n) is 7.09. The van der Waals surface area contributed by atoms with E-state index in [1.165, 1.54) is 6.20 Å². The van der Waals surface area contributed by atoms with Crippen LogP contribution < -0.4 is 4.74 Å². The molecule has 7 heteroatoms. The third-order valence-electron chi connectivity index (χ3n) is 3.39. The minimum absolute atomic E-state index is 0.195. The first-order valence-corrected chi connectivity index (χ1v) is 7.09. The topological polar surface area (TPSA) is 52.8 Å². The Bertz CT molecular complexity index is 1000. The fourth-order valence-corrected chi connectivity index (χ4v) is 2.25. The van der Waals surface area contributed by atoms with Gasteiger partial charge in [0.05, 0.1) is 22.9 Å². The molecule has 0 amide bonds. The fraction of sp³-hybridized carbons (Fsp3) is 0. The lowest BCUT2D eigenvalue weighted by atomic mass is 10.3. The van der Waals surface area contributed by atoms with Crippen molar-refractivity contribution in [1.29, 1.82) is 0 Å². The third-order valence-corrected chi connectivity index (χ3v) is 3.39. The van der Waals surface area contributed by atoms with Crippen LogP contribution in [-0.4, -0.2) is 19.7 Å². The minimum Gasteiger partial charge on any atom is -0.437 e. The van der Waals surface area contributed by atoms with Gasteiger partial charge in [-0.15, -0.1) is 0 Å². The van der Waals surface area contributed by atoms with Gasteiger partial charge in [-0.05, 0) is 30.3 Å². The third kappa shape index (κ3) is 2.67. The average Bonchev–Trinajstić information content (AvgIpc) is 3.11. The van der Waals surface area contributed by atoms with Crippen LogP contribution in [0.15, 0.2) is 61.1 Å². The van der Waals surface area contributed by atoms with Gasteiger partial charge in [-0.25, -0.2) is 23.4 Å². The van der Waals surface area contributed by atoms with Crippen molar-refractivity contribution in [2.75, 3.05) is 0 Å². The molecular weight excluding hydrogens is 314 g/mol. The number of hydrogen-bond donors (Lipinski definition) is 0. The van der Waals surface area contributed by atoms with Gasteiger partial charge >= 0.3 is 0 Å². The molecule has 4 rings (SSSR count). The number of hydrogen-bond acceptors (Lipinski definition) is 4. The molecule has 24 heavy (non-hydrogen) atoms. The van der Waals surface area contributed by atoms with Crippen LogP contribution in [0.2, 0.25) is 0 Å². The van der Waals surface area contributed by atoms with Gasteiger partial charge in [0.15, 0.2) is 11.6 Å². The van der Waals surface area contributed by atoms with Crippen LogP contribution >= 0.6 is 0 Å². The second kappa shape index (κ2) is 5.69. The van der Waals surface area contributed by atoms with Crippen molar-refractivity contribution in [2.45, 2.75) is 0 Å². The maximum absolute atomic E-state index is 13.3. The molecule has 0 aliphatic heterocycles. The van der Waals surface area contributed by atoms with Crippen molar-refractivity contribution in [3.8, 4) is 17.3 Å². The Morgan fingerprint density at radius 2 is 1.71 bits per heavy atom. The second-order valence-electron chi connectivity index (χ2n) is 5.01. The van der Waals surface area contributed by atoms with Crippen LogP contribution in [0, 0.1) is 11.6 Å². The maximum atomic E-state index is 13.3. The van der Waals surface area contributed by atoms with E-state index in [0.29, 0.717) is 5.75 Å². The molecule has 2 heterocycles. The number of aromatic nitrogens is 4. The van der Waals surface area contributed by atoms with Crippen LogP contribution in [0.3, 0.4) is 0 Å². The Hall–Kier alpha value is -3.35. The second-order valence-corrected chi connectivity index (χ2v) is 5.01. The smallest absolute Gasteiger partial charge is 0.238 e. The Morgan fingerprint density at radius 3 is 2.42 bits per heavy atom. The predicted octanol–water partition coefficient (Wildman–Crippen LogP) is 3.89. The summed E-state index contributed by atoms with van der Waals surface area (Å²) in [6.45, 7) is 0. The molecule has 0 radical (unpaired) electrons. The van der Waals surface area contributed by atoms with Crippen LogP contribution in [0.5, 0.6) is 11.6 Å². The Labute approximate surface area is 135 Å². The average molecular weight is 324 g/mol. The summed E-state index contributed by atoms with van der Waals surface area (Å²) in [6, 6.07) is 11.0. The first kappa shape index (κ1) is 14.3. The molecule has 0 bridgehead atoms. The number of rotatable bonds is 3. The molecule has 0 spiro atoms. The monoisotopic (exact) mass is 324 g/mol. The summed E-state index contributed by atoms with van der Waals surface area (Å²) < 4.78 is 33.8. The van der Waals surface area contributed by atoms with Crippen molar-refractivity contribution in [2.24, 2.45) is 0 Å². The molecule has 0 unspecified atom stereocenters. The summed E-state index contributed by atoms with van der Waals surface area (Å²) in [4.78, 5) is 8.17. The molecule has 0 fully saturated rings. The van der Waals surface area contributed by atoms with Gasteiger partial charge in [0.2, 0.25) is 5.88 Å². The molecule has 0 saturated heterocycles. The van der Waals surface area contributed by atoms with Crippen molar-refractivity contribution in [3.63, 3.8) is 0 Å². The summed E-state index contributed by atoms with van der Waals surface area (Å²) in [5.74, 6) is -1.19. The van der Waals surface area contributed by atoms with E-state index in [9.17, 15) is 8.78 Å². The molecular formula is C17H10F2N4O. The van der Waals surface area contributed by atoms with Crippen molar-refractivity contribution < 1.29 is 13.5 Å². The maximum Gasteiger partial charge on any atom is 0.238 e. The van der Waals surface area contributed by atoms with E-state index in [2.05, 4.69) is 15.1 Å². The summed E-state index contributed by atoms with van der Waals surface area (Å²) in [5.41, 5.74) is 1.37. The number of halogens is 2. The lowest BCUT2D eigenvalue weighted by molar-refractivity contribution is 0.462. The molecule has 0 aliphatic rings.